The molecule has 0 radical (unpaired) electrons. The zero-order valence-corrected chi connectivity index (χ0v) is 16.2. The second kappa shape index (κ2) is 8.29. The number of methoxy groups -OCH3 is 2. The number of hydrogen-bond donors (Lipinski definition) is 0. The maximum Gasteiger partial charge on any atom is 0.254 e. The summed E-state index contributed by atoms with van der Waals surface area (Å²) in [6, 6.07) is 9.69. The van der Waals surface area contributed by atoms with Crippen LogP contribution in [0.5, 0.6) is 11.5 Å². The Bertz CT molecular complexity index is 870. The molecule has 2 aromatic rings. The molecule has 1 amide bonds. The number of ketones is 1. The topological polar surface area (TPSA) is 59.1 Å². The zero-order valence-electron chi connectivity index (χ0n) is 16.2. The Labute approximate surface area is 163 Å². The first-order chi connectivity index (χ1) is 13.4. The fraction of sp³-hybridized carbons (Fsp3) is 0.333. The van der Waals surface area contributed by atoms with Crippen LogP contribution in [-0.4, -0.2) is 57.0 Å². The molecular formula is C21H23FN2O4. The molecule has 0 unspecified atom stereocenters. The minimum atomic E-state index is -0.521. The number of nitrogens with zero attached hydrogens (tertiary/aromatic N) is 2. The molecule has 1 aliphatic rings. The SMILES string of the molecule is COc1cc(OC)cc(C(=O)N2CCN(c3cccc(F)c3C(C)=O)CC2)c1. The van der Waals surface area contributed by atoms with Crippen LogP contribution >= 0.6 is 0 Å². The van der Waals surface area contributed by atoms with Gasteiger partial charge in [-0.15, -0.1) is 0 Å². The Morgan fingerprint density at radius 3 is 2.11 bits per heavy atom. The second-order valence-corrected chi connectivity index (χ2v) is 6.57. The molecule has 0 spiro atoms. The fourth-order valence-electron chi connectivity index (χ4n) is 3.39. The number of carbonyl (C=O) groups excluding carboxylic acids is 2. The lowest BCUT2D eigenvalue weighted by molar-refractivity contribution is 0.0745. The molecule has 28 heavy (non-hydrogen) atoms. The number of ether oxygens (including phenoxy) is 2. The molecule has 0 atom stereocenters. The van der Waals surface area contributed by atoms with Crippen LogP contribution in [0.15, 0.2) is 36.4 Å². The van der Waals surface area contributed by atoms with E-state index in [4.69, 9.17) is 9.47 Å². The highest BCUT2D eigenvalue weighted by Gasteiger charge is 2.26. The van der Waals surface area contributed by atoms with Gasteiger partial charge in [0.2, 0.25) is 0 Å². The highest BCUT2D eigenvalue weighted by atomic mass is 19.1. The van der Waals surface area contributed by atoms with Gasteiger partial charge in [-0.05, 0) is 31.2 Å². The Hall–Kier alpha value is -3.09. The van der Waals surface area contributed by atoms with E-state index in [1.165, 1.54) is 27.2 Å². The van der Waals surface area contributed by atoms with Crippen molar-refractivity contribution in [2.75, 3.05) is 45.3 Å². The summed E-state index contributed by atoms with van der Waals surface area (Å²) in [5, 5.41) is 0. The van der Waals surface area contributed by atoms with Crippen LogP contribution in [0.2, 0.25) is 0 Å². The van der Waals surface area contributed by atoms with Crippen molar-refractivity contribution in [3.05, 3.63) is 53.3 Å². The van der Waals surface area contributed by atoms with Gasteiger partial charge in [-0.25, -0.2) is 4.39 Å². The van der Waals surface area contributed by atoms with Crippen molar-refractivity contribution in [3.8, 4) is 11.5 Å². The molecule has 0 saturated carbocycles. The summed E-state index contributed by atoms with van der Waals surface area (Å²) < 4.78 is 24.5. The monoisotopic (exact) mass is 386 g/mol. The minimum Gasteiger partial charge on any atom is -0.497 e. The molecule has 1 heterocycles. The molecule has 1 aliphatic heterocycles. The van der Waals surface area contributed by atoms with Crippen molar-refractivity contribution in [1.82, 2.24) is 4.90 Å². The molecule has 1 saturated heterocycles. The lowest BCUT2D eigenvalue weighted by Crippen LogP contribution is -2.49. The van der Waals surface area contributed by atoms with Gasteiger partial charge in [-0.2, -0.15) is 0 Å². The lowest BCUT2D eigenvalue weighted by atomic mass is 10.1. The quantitative estimate of drug-likeness (QED) is 0.740. The Morgan fingerprint density at radius 2 is 1.57 bits per heavy atom. The first-order valence-corrected chi connectivity index (χ1v) is 9.01. The Kier molecular flexibility index (Phi) is 5.82. The van der Waals surface area contributed by atoms with Gasteiger partial charge >= 0.3 is 0 Å². The predicted molar refractivity (Wildman–Crippen MR) is 104 cm³/mol. The van der Waals surface area contributed by atoms with Gasteiger partial charge in [0, 0.05) is 37.8 Å². The van der Waals surface area contributed by atoms with E-state index in [-0.39, 0.29) is 17.3 Å². The molecule has 3 rings (SSSR count). The van der Waals surface area contributed by atoms with Crippen molar-refractivity contribution >= 4 is 17.4 Å². The van der Waals surface area contributed by atoms with Crippen LogP contribution in [0.3, 0.4) is 0 Å². The summed E-state index contributed by atoms with van der Waals surface area (Å²) in [7, 11) is 3.07. The number of benzene rings is 2. The third kappa shape index (κ3) is 3.93. The normalized spacial score (nSPS) is 14.0. The van der Waals surface area contributed by atoms with Crippen LogP contribution in [0.4, 0.5) is 10.1 Å². The van der Waals surface area contributed by atoms with Crippen LogP contribution < -0.4 is 14.4 Å². The van der Waals surface area contributed by atoms with E-state index in [0.29, 0.717) is 48.9 Å². The van der Waals surface area contributed by atoms with Crippen molar-refractivity contribution in [3.63, 3.8) is 0 Å². The third-order valence-electron chi connectivity index (χ3n) is 4.85. The number of hydrogen-bond acceptors (Lipinski definition) is 5. The van der Waals surface area contributed by atoms with Crippen molar-refractivity contribution in [2.24, 2.45) is 0 Å². The molecule has 0 aromatic heterocycles. The summed E-state index contributed by atoms with van der Waals surface area (Å²) in [6.07, 6.45) is 0. The van der Waals surface area contributed by atoms with Crippen LogP contribution in [0, 0.1) is 5.82 Å². The molecule has 1 fully saturated rings. The molecule has 0 aliphatic carbocycles. The smallest absolute Gasteiger partial charge is 0.254 e. The van der Waals surface area contributed by atoms with Gasteiger partial charge in [-0.3, -0.25) is 9.59 Å². The number of rotatable bonds is 5. The van der Waals surface area contributed by atoms with E-state index in [0.717, 1.165) is 0 Å². The highest BCUT2D eigenvalue weighted by molar-refractivity contribution is 6.00. The summed E-state index contributed by atoms with van der Waals surface area (Å²) >= 11 is 0. The van der Waals surface area contributed by atoms with Crippen molar-refractivity contribution in [1.29, 1.82) is 0 Å². The number of carbonyl (C=O) groups is 2. The maximum absolute atomic E-state index is 14.1. The van der Waals surface area contributed by atoms with Crippen LogP contribution in [0.1, 0.15) is 27.6 Å². The molecule has 7 heteroatoms. The molecule has 6 nitrogen and oxygen atoms in total. The van der Waals surface area contributed by atoms with Crippen molar-refractivity contribution in [2.45, 2.75) is 6.92 Å². The van der Waals surface area contributed by atoms with Gasteiger partial charge in [0.25, 0.3) is 5.91 Å². The van der Waals surface area contributed by atoms with Gasteiger partial charge < -0.3 is 19.3 Å². The molecular weight excluding hydrogens is 363 g/mol. The average Bonchev–Trinajstić information content (AvgIpc) is 2.72. The first-order valence-electron chi connectivity index (χ1n) is 9.01. The largest absolute Gasteiger partial charge is 0.497 e. The number of halogens is 1. The molecule has 148 valence electrons. The van der Waals surface area contributed by atoms with E-state index < -0.39 is 5.82 Å². The molecule has 2 aromatic carbocycles. The summed E-state index contributed by atoms with van der Waals surface area (Å²) in [4.78, 5) is 28.4. The van der Waals surface area contributed by atoms with E-state index in [1.54, 1.807) is 35.2 Å². The van der Waals surface area contributed by atoms with Gasteiger partial charge in [0.1, 0.15) is 17.3 Å². The number of amides is 1. The first kappa shape index (κ1) is 19.7. The number of piperazine rings is 1. The summed E-state index contributed by atoms with van der Waals surface area (Å²) in [5.74, 6) is 0.143. The summed E-state index contributed by atoms with van der Waals surface area (Å²) in [6.45, 7) is 3.31. The minimum absolute atomic E-state index is 0.0970. The predicted octanol–water partition coefficient (Wildman–Crippen LogP) is 3.01. The van der Waals surface area contributed by atoms with E-state index >= 15 is 0 Å². The van der Waals surface area contributed by atoms with E-state index in [2.05, 4.69) is 0 Å². The molecule has 0 bridgehead atoms. The van der Waals surface area contributed by atoms with Crippen LogP contribution in [-0.2, 0) is 0 Å². The highest BCUT2D eigenvalue weighted by Crippen LogP contribution is 2.27. The maximum atomic E-state index is 14.1. The van der Waals surface area contributed by atoms with Crippen molar-refractivity contribution < 1.29 is 23.5 Å². The Balaban J connectivity index is 1.75. The van der Waals surface area contributed by atoms with E-state index in [9.17, 15) is 14.0 Å². The standard InChI is InChI=1S/C21H23FN2O4/c1-14(25)20-18(22)5-4-6-19(20)23-7-9-24(10-8-23)21(26)15-11-16(27-2)13-17(12-15)28-3/h4-6,11-13H,7-10H2,1-3H3. The van der Waals surface area contributed by atoms with Gasteiger partial charge in [0.05, 0.1) is 25.5 Å². The van der Waals surface area contributed by atoms with Crippen LogP contribution in [0.25, 0.3) is 0 Å². The van der Waals surface area contributed by atoms with Gasteiger partial charge in [-0.1, -0.05) is 6.07 Å². The number of Topliss-reactive ketones (excluding diaryl/α,β-unsaturated/α-hetero) is 1. The summed E-state index contributed by atoms with van der Waals surface area (Å²) in [5.41, 5.74) is 1.15. The van der Waals surface area contributed by atoms with Gasteiger partial charge in [0.15, 0.2) is 5.78 Å². The average molecular weight is 386 g/mol. The molecule has 0 N–H and O–H groups in total. The Morgan fingerprint density at radius 1 is 0.964 bits per heavy atom. The van der Waals surface area contributed by atoms with E-state index in [1.807, 2.05) is 4.90 Å². The number of anilines is 1. The zero-order chi connectivity index (χ0) is 20.3. The fourth-order valence-corrected chi connectivity index (χ4v) is 3.39. The second-order valence-electron chi connectivity index (χ2n) is 6.57. The lowest BCUT2D eigenvalue weighted by Gasteiger charge is -2.37. The third-order valence-corrected chi connectivity index (χ3v) is 4.85.